The summed E-state index contributed by atoms with van der Waals surface area (Å²) >= 11 is 0. The molecule has 0 radical (unpaired) electrons. The molecule has 4 heteroatoms. The third kappa shape index (κ3) is 7.45. The van der Waals surface area contributed by atoms with E-state index in [4.69, 9.17) is 9.97 Å². The molecule has 0 unspecified atom stereocenters. The molecule has 9 aromatic carbocycles. The Hall–Kier alpha value is -8.34. The minimum absolute atomic E-state index is 0.739. The van der Waals surface area contributed by atoms with E-state index in [9.17, 15) is 0 Å². The van der Waals surface area contributed by atoms with Gasteiger partial charge in [0.1, 0.15) is 0 Å². The van der Waals surface area contributed by atoms with E-state index in [2.05, 4.69) is 255 Å². The Bertz CT molecular complexity index is 3390. The SMILES string of the molecule is Cc1cc(-c2cc(-c3ccccc3C)nc(-c3ccccc3C)n2)ccc1-c1ccc(-c2ccc(-n3c4ccccc4c4cc(N(c5ccccc5)c5ccccc5)ccc43)cc2)cc1. The zero-order valence-electron chi connectivity index (χ0n) is 36.7. The van der Waals surface area contributed by atoms with Gasteiger partial charge in [-0.2, -0.15) is 0 Å². The molecule has 0 aliphatic heterocycles. The Morgan fingerprint density at radius 3 is 1.54 bits per heavy atom. The lowest BCUT2D eigenvalue weighted by atomic mass is 9.95. The molecule has 11 aromatic rings. The number of hydrogen-bond acceptors (Lipinski definition) is 3. The Balaban J connectivity index is 0.889. The summed E-state index contributed by atoms with van der Waals surface area (Å²) in [7, 11) is 0. The Morgan fingerprint density at radius 1 is 0.338 bits per heavy atom. The van der Waals surface area contributed by atoms with E-state index in [0.29, 0.717) is 0 Å². The lowest BCUT2D eigenvalue weighted by molar-refractivity contribution is 1.17. The molecule has 0 aliphatic rings. The van der Waals surface area contributed by atoms with E-state index in [1.807, 2.05) is 0 Å². The average molecular weight is 835 g/mol. The van der Waals surface area contributed by atoms with Crippen LogP contribution in [0.3, 0.4) is 0 Å². The molecule has 65 heavy (non-hydrogen) atoms. The molecule has 0 spiro atoms. The van der Waals surface area contributed by atoms with Crippen LogP contribution >= 0.6 is 0 Å². The summed E-state index contributed by atoms with van der Waals surface area (Å²) < 4.78 is 2.39. The first kappa shape index (κ1) is 39.5. The van der Waals surface area contributed by atoms with Crippen LogP contribution in [-0.4, -0.2) is 14.5 Å². The van der Waals surface area contributed by atoms with Crippen molar-refractivity contribution in [3.63, 3.8) is 0 Å². The molecule has 0 atom stereocenters. The van der Waals surface area contributed by atoms with Gasteiger partial charge in [0, 0.05) is 50.2 Å². The van der Waals surface area contributed by atoms with Crippen LogP contribution in [0.15, 0.2) is 224 Å². The van der Waals surface area contributed by atoms with Gasteiger partial charge in [0.05, 0.1) is 22.4 Å². The fourth-order valence-corrected chi connectivity index (χ4v) is 9.31. The molecular weight excluding hydrogens is 789 g/mol. The largest absolute Gasteiger partial charge is 0.310 e. The van der Waals surface area contributed by atoms with Gasteiger partial charge in [-0.1, -0.05) is 152 Å². The van der Waals surface area contributed by atoms with Crippen molar-refractivity contribution in [2.75, 3.05) is 4.90 Å². The highest BCUT2D eigenvalue weighted by atomic mass is 15.1. The van der Waals surface area contributed by atoms with Crippen LogP contribution in [0.5, 0.6) is 0 Å². The van der Waals surface area contributed by atoms with Crippen LogP contribution < -0.4 is 4.90 Å². The number of benzene rings is 9. The van der Waals surface area contributed by atoms with Crippen molar-refractivity contribution >= 4 is 38.9 Å². The highest BCUT2D eigenvalue weighted by Crippen LogP contribution is 2.40. The number of aromatic nitrogens is 3. The number of para-hydroxylation sites is 3. The second kappa shape index (κ2) is 16.7. The zero-order chi connectivity index (χ0) is 43.9. The summed E-state index contributed by atoms with van der Waals surface area (Å²) in [5.41, 5.74) is 20.2. The highest BCUT2D eigenvalue weighted by Gasteiger charge is 2.18. The fraction of sp³-hybridized carbons (Fsp3) is 0.0492. The molecule has 0 bridgehead atoms. The van der Waals surface area contributed by atoms with Crippen molar-refractivity contribution in [1.29, 1.82) is 0 Å². The quantitative estimate of drug-likeness (QED) is 0.145. The third-order valence-electron chi connectivity index (χ3n) is 12.7. The Labute approximate surface area is 380 Å². The van der Waals surface area contributed by atoms with Gasteiger partial charge in [-0.05, 0) is 133 Å². The van der Waals surface area contributed by atoms with Crippen molar-refractivity contribution in [3.05, 3.63) is 241 Å². The van der Waals surface area contributed by atoms with E-state index >= 15 is 0 Å². The van der Waals surface area contributed by atoms with Crippen LogP contribution in [0, 0.1) is 20.8 Å². The van der Waals surface area contributed by atoms with Gasteiger partial charge >= 0.3 is 0 Å². The highest BCUT2D eigenvalue weighted by molar-refractivity contribution is 6.10. The lowest BCUT2D eigenvalue weighted by Crippen LogP contribution is -2.09. The molecule has 2 heterocycles. The summed E-state index contributed by atoms with van der Waals surface area (Å²) in [6.07, 6.45) is 0. The summed E-state index contributed by atoms with van der Waals surface area (Å²) in [6, 6.07) is 80.2. The molecule has 0 saturated heterocycles. The monoisotopic (exact) mass is 834 g/mol. The Kier molecular flexibility index (Phi) is 10.2. The number of anilines is 3. The molecule has 2 aromatic heterocycles. The topological polar surface area (TPSA) is 34.0 Å². The van der Waals surface area contributed by atoms with Crippen molar-refractivity contribution in [2.45, 2.75) is 20.8 Å². The van der Waals surface area contributed by atoms with Gasteiger partial charge < -0.3 is 9.47 Å². The van der Waals surface area contributed by atoms with Crippen LogP contribution in [0.25, 0.3) is 83.6 Å². The van der Waals surface area contributed by atoms with Gasteiger partial charge in [-0.15, -0.1) is 0 Å². The first-order chi connectivity index (χ1) is 32.0. The van der Waals surface area contributed by atoms with Crippen molar-refractivity contribution < 1.29 is 0 Å². The van der Waals surface area contributed by atoms with Crippen LogP contribution in [0.1, 0.15) is 16.7 Å². The van der Waals surface area contributed by atoms with Gasteiger partial charge in [0.2, 0.25) is 0 Å². The van der Waals surface area contributed by atoms with E-state index in [-0.39, 0.29) is 0 Å². The van der Waals surface area contributed by atoms with Crippen LogP contribution in [0.2, 0.25) is 0 Å². The summed E-state index contributed by atoms with van der Waals surface area (Å²) in [5.74, 6) is 0.739. The molecule has 0 saturated carbocycles. The van der Waals surface area contributed by atoms with Gasteiger partial charge in [-0.3, -0.25) is 0 Å². The first-order valence-electron chi connectivity index (χ1n) is 22.2. The van der Waals surface area contributed by atoms with Gasteiger partial charge in [-0.25, -0.2) is 9.97 Å². The smallest absolute Gasteiger partial charge is 0.160 e. The zero-order valence-corrected chi connectivity index (χ0v) is 36.7. The fourth-order valence-electron chi connectivity index (χ4n) is 9.31. The van der Waals surface area contributed by atoms with Crippen molar-refractivity contribution in [2.24, 2.45) is 0 Å². The van der Waals surface area contributed by atoms with Crippen LogP contribution in [-0.2, 0) is 0 Å². The number of nitrogens with zero attached hydrogens (tertiary/aromatic N) is 4. The molecular formula is C61H46N4. The molecule has 0 fully saturated rings. The summed E-state index contributed by atoms with van der Waals surface area (Å²) in [6.45, 7) is 6.44. The predicted octanol–water partition coefficient (Wildman–Crippen LogP) is 16.3. The van der Waals surface area contributed by atoms with Crippen molar-refractivity contribution in [1.82, 2.24) is 14.5 Å². The second-order valence-electron chi connectivity index (χ2n) is 16.8. The van der Waals surface area contributed by atoms with E-state index in [0.717, 1.165) is 62.2 Å². The van der Waals surface area contributed by atoms with Crippen LogP contribution in [0.4, 0.5) is 17.1 Å². The number of rotatable bonds is 9. The minimum atomic E-state index is 0.739. The number of hydrogen-bond donors (Lipinski definition) is 0. The summed E-state index contributed by atoms with van der Waals surface area (Å²) in [4.78, 5) is 12.6. The second-order valence-corrected chi connectivity index (χ2v) is 16.8. The number of fused-ring (bicyclic) bond motifs is 3. The normalized spacial score (nSPS) is 11.3. The third-order valence-corrected chi connectivity index (χ3v) is 12.7. The van der Waals surface area contributed by atoms with Gasteiger partial charge in [0.15, 0.2) is 5.82 Å². The first-order valence-corrected chi connectivity index (χ1v) is 22.2. The molecule has 310 valence electrons. The standard InChI is InChI=1S/C61H46N4/c1-41-16-10-12-22-53(41)58-40-57(62-61(63-58)54-23-13-11-17-42(54)2)47-32-36-52(43(3)38-47)46-28-26-44(27-29-46)45-30-33-50(34-31-45)65-59-25-15-14-24-55(59)56-39-51(35-37-60(56)65)64(48-18-6-4-7-19-48)49-20-8-5-9-21-49/h4-40H,1-3H3. The van der Waals surface area contributed by atoms with Crippen molar-refractivity contribution in [3.8, 4) is 61.8 Å². The minimum Gasteiger partial charge on any atom is -0.310 e. The van der Waals surface area contributed by atoms with Gasteiger partial charge in [0.25, 0.3) is 0 Å². The van der Waals surface area contributed by atoms with E-state index in [1.165, 1.54) is 55.2 Å². The maximum absolute atomic E-state index is 5.15. The molecule has 11 rings (SSSR count). The number of aryl methyl sites for hydroxylation is 3. The lowest BCUT2D eigenvalue weighted by Gasteiger charge is -2.25. The van der Waals surface area contributed by atoms with E-state index in [1.54, 1.807) is 0 Å². The Morgan fingerprint density at radius 2 is 0.877 bits per heavy atom. The molecule has 0 amide bonds. The molecule has 4 nitrogen and oxygen atoms in total. The maximum Gasteiger partial charge on any atom is 0.160 e. The molecule has 0 N–H and O–H groups in total. The predicted molar refractivity (Wildman–Crippen MR) is 272 cm³/mol. The van der Waals surface area contributed by atoms with E-state index < -0.39 is 0 Å². The molecule has 0 aliphatic carbocycles. The average Bonchev–Trinajstić information content (AvgIpc) is 3.69. The maximum atomic E-state index is 5.15. The summed E-state index contributed by atoms with van der Waals surface area (Å²) in [5, 5.41) is 2.44.